The van der Waals surface area contributed by atoms with Crippen molar-refractivity contribution in [2.45, 2.75) is 31.7 Å². The third-order valence-corrected chi connectivity index (χ3v) is 6.99. The molecule has 9 heteroatoms. The number of rotatable bonds is 4. The molecule has 170 valence electrons. The lowest BCUT2D eigenvalue weighted by Crippen LogP contribution is -2.55. The van der Waals surface area contributed by atoms with Gasteiger partial charge in [-0.25, -0.2) is 19.2 Å². The SMILES string of the molecule is O=C1NNC(c2ccc(N(C(=O)c3cscn3)c3cc(F)cc(F)c3)cc2)C2CCCCC12. The minimum absolute atomic E-state index is 0.0114. The van der Waals surface area contributed by atoms with Gasteiger partial charge in [0.25, 0.3) is 5.91 Å². The fourth-order valence-corrected chi connectivity index (χ4v) is 5.40. The van der Waals surface area contributed by atoms with Gasteiger partial charge in [-0.1, -0.05) is 25.0 Å². The van der Waals surface area contributed by atoms with Gasteiger partial charge in [0.05, 0.1) is 17.2 Å². The Kier molecular flexibility index (Phi) is 5.90. The number of thiazole rings is 1. The number of aromatic nitrogens is 1. The van der Waals surface area contributed by atoms with Gasteiger partial charge >= 0.3 is 0 Å². The number of fused-ring (bicyclic) bond motifs is 1. The van der Waals surface area contributed by atoms with Gasteiger partial charge in [-0.15, -0.1) is 11.3 Å². The Balaban J connectivity index is 1.49. The van der Waals surface area contributed by atoms with Crippen molar-refractivity contribution < 1.29 is 18.4 Å². The number of amides is 2. The number of hydrogen-bond acceptors (Lipinski definition) is 5. The van der Waals surface area contributed by atoms with E-state index < -0.39 is 17.5 Å². The highest BCUT2D eigenvalue weighted by Gasteiger charge is 2.40. The zero-order valence-electron chi connectivity index (χ0n) is 17.6. The number of hydrazine groups is 1. The Bertz CT molecular complexity index is 1150. The van der Waals surface area contributed by atoms with Gasteiger partial charge in [0.1, 0.15) is 17.3 Å². The highest BCUT2D eigenvalue weighted by molar-refractivity contribution is 7.07. The summed E-state index contributed by atoms with van der Waals surface area (Å²) in [6.45, 7) is 0. The summed E-state index contributed by atoms with van der Waals surface area (Å²) in [4.78, 5) is 30.8. The van der Waals surface area contributed by atoms with E-state index in [0.29, 0.717) is 5.69 Å². The standard InChI is InChI=1S/C24H22F2N4O2S/c25-15-9-16(26)11-18(10-15)30(24(32)21-12-33-13-27-21)17-7-5-14(6-8-17)22-19-3-1-2-4-20(19)23(31)29-28-22/h5-13,19-20,22,28H,1-4H2,(H,29,31). The number of hydrogen-bond donors (Lipinski definition) is 2. The Hall–Kier alpha value is -3.17. The van der Waals surface area contributed by atoms with Gasteiger partial charge in [0.15, 0.2) is 0 Å². The number of nitrogens with zero attached hydrogens (tertiary/aromatic N) is 2. The van der Waals surface area contributed by atoms with E-state index >= 15 is 0 Å². The lowest BCUT2D eigenvalue weighted by atomic mass is 9.72. The zero-order valence-corrected chi connectivity index (χ0v) is 18.4. The second-order valence-corrected chi connectivity index (χ2v) is 9.12. The van der Waals surface area contributed by atoms with Crippen LogP contribution in [0.3, 0.4) is 0 Å². The Morgan fingerprint density at radius 1 is 1.03 bits per heavy atom. The molecule has 2 aliphatic rings. The molecule has 1 aromatic heterocycles. The fraction of sp³-hybridized carbons (Fsp3) is 0.292. The maximum absolute atomic E-state index is 14.0. The van der Waals surface area contributed by atoms with Crippen molar-refractivity contribution >= 4 is 34.5 Å². The Morgan fingerprint density at radius 3 is 2.45 bits per heavy atom. The summed E-state index contributed by atoms with van der Waals surface area (Å²) in [5, 5.41) is 1.59. The van der Waals surface area contributed by atoms with E-state index in [2.05, 4.69) is 15.8 Å². The molecule has 2 heterocycles. The van der Waals surface area contributed by atoms with Crippen molar-refractivity contribution in [2.75, 3.05) is 4.90 Å². The average molecular weight is 469 g/mol. The molecule has 2 N–H and O–H groups in total. The van der Waals surface area contributed by atoms with E-state index in [4.69, 9.17) is 0 Å². The number of benzene rings is 2. The normalized spacial score (nSPS) is 22.4. The van der Waals surface area contributed by atoms with Gasteiger partial charge in [-0.05, 0) is 48.6 Å². The smallest absolute Gasteiger partial charge is 0.282 e. The van der Waals surface area contributed by atoms with E-state index in [1.54, 1.807) is 17.5 Å². The van der Waals surface area contributed by atoms with Crippen LogP contribution in [0.1, 0.15) is 47.8 Å². The molecule has 1 saturated carbocycles. The zero-order chi connectivity index (χ0) is 22.9. The molecule has 3 aromatic rings. The summed E-state index contributed by atoms with van der Waals surface area (Å²) in [5.41, 5.74) is 9.17. The first-order valence-electron chi connectivity index (χ1n) is 10.9. The van der Waals surface area contributed by atoms with Crippen LogP contribution in [0.2, 0.25) is 0 Å². The van der Waals surface area contributed by atoms with Crippen molar-refractivity contribution in [1.29, 1.82) is 0 Å². The van der Waals surface area contributed by atoms with Gasteiger partial charge in [0.2, 0.25) is 5.91 Å². The number of halogens is 2. The van der Waals surface area contributed by atoms with Gasteiger partial charge < -0.3 is 0 Å². The van der Waals surface area contributed by atoms with Gasteiger partial charge in [-0.3, -0.25) is 19.9 Å². The summed E-state index contributed by atoms with van der Waals surface area (Å²) >= 11 is 1.26. The van der Waals surface area contributed by atoms with Crippen LogP contribution in [0.4, 0.5) is 20.2 Å². The summed E-state index contributed by atoms with van der Waals surface area (Å²) in [6, 6.07) is 10.2. The molecule has 2 amide bonds. The van der Waals surface area contributed by atoms with Crippen molar-refractivity contribution in [3.05, 3.63) is 76.2 Å². The van der Waals surface area contributed by atoms with E-state index in [-0.39, 0.29) is 35.2 Å². The van der Waals surface area contributed by atoms with Crippen LogP contribution < -0.4 is 15.8 Å². The van der Waals surface area contributed by atoms with Crippen molar-refractivity contribution in [2.24, 2.45) is 11.8 Å². The van der Waals surface area contributed by atoms with Gasteiger partial charge in [0, 0.05) is 23.1 Å². The molecule has 0 bridgehead atoms. The number of anilines is 2. The molecule has 6 nitrogen and oxygen atoms in total. The molecule has 5 rings (SSSR count). The molecule has 1 aliphatic carbocycles. The van der Waals surface area contributed by atoms with E-state index in [9.17, 15) is 18.4 Å². The second kappa shape index (κ2) is 8.99. The summed E-state index contributed by atoms with van der Waals surface area (Å²) in [7, 11) is 0. The maximum Gasteiger partial charge on any atom is 0.282 e. The molecule has 33 heavy (non-hydrogen) atoms. The highest BCUT2D eigenvalue weighted by atomic mass is 32.1. The van der Waals surface area contributed by atoms with Crippen LogP contribution in [0, 0.1) is 23.5 Å². The van der Waals surface area contributed by atoms with Crippen LogP contribution in [-0.2, 0) is 4.79 Å². The number of carbonyl (C=O) groups excluding carboxylic acids is 2. The average Bonchev–Trinajstić information content (AvgIpc) is 3.35. The van der Waals surface area contributed by atoms with Crippen LogP contribution in [-0.4, -0.2) is 16.8 Å². The van der Waals surface area contributed by atoms with Gasteiger partial charge in [-0.2, -0.15) is 0 Å². The predicted molar refractivity (Wildman–Crippen MR) is 121 cm³/mol. The Morgan fingerprint density at radius 2 is 1.76 bits per heavy atom. The van der Waals surface area contributed by atoms with E-state index in [1.807, 2.05) is 12.1 Å². The maximum atomic E-state index is 14.0. The van der Waals surface area contributed by atoms with E-state index in [1.165, 1.54) is 21.7 Å². The monoisotopic (exact) mass is 468 g/mol. The summed E-state index contributed by atoms with van der Waals surface area (Å²) < 4.78 is 27.9. The molecule has 2 fully saturated rings. The lowest BCUT2D eigenvalue weighted by Gasteiger charge is -2.41. The second-order valence-electron chi connectivity index (χ2n) is 8.40. The Labute approximate surface area is 193 Å². The van der Waals surface area contributed by atoms with Crippen molar-refractivity contribution in [3.8, 4) is 0 Å². The third-order valence-electron chi connectivity index (χ3n) is 6.41. The lowest BCUT2D eigenvalue weighted by molar-refractivity contribution is -0.133. The minimum atomic E-state index is -0.775. The van der Waals surface area contributed by atoms with Crippen LogP contribution in [0.5, 0.6) is 0 Å². The molecule has 3 unspecified atom stereocenters. The predicted octanol–water partition coefficient (Wildman–Crippen LogP) is 4.88. The minimum Gasteiger partial charge on any atom is -0.291 e. The first-order valence-corrected chi connectivity index (χ1v) is 11.8. The summed E-state index contributed by atoms with van der Waals surface area (Å²) in [5.74, 6) is -1.80. The molecule has 1 saturated heterocycles. The third kappa shape index (κ3) is 4.26. The first kappa shape index (κ1) is 21.7. The van der Waals surface area contributed by atoms with Crippen molar-refractivity contribution in [3.63, 3.8) is 0 Å². The number of carbonyl (C=O) groups is 2. The van der Waals surface area contributed by atoms with Crippen LogP contribution in [0.25, 0.3) is 0 Å². The molecule has 0 radical (unpaired) electrons. The fourth-order valence-electron chi connectivity index (χ4n) is 4.88. The van der Waals surface area contributed by atoms with Crippen LogP contribution >= 0.6 is 11.3 Å². The molecular weight excluding hydrogens is 446 g/mol. The first-order chi connectivity index (χ1) is 16.0. The number of nitrogens with one attached hydrogen (secondary N) is 2. The molecule has 0 spiro atoms. The largest absolute Gasteiger partial charge is 0.291 e. The highest BCUT2D eigenvalue weighted by Crippen LogP contribution is 2.41. The molecule has 2 aromatic carbocycles. The molecule has 3 atom stereocenters. The summed E-state index contributed by atoms with van der Waals surface area (Å²) in [6.07, 6.45) is 3.99. The molecule has 1 aliphatic heterocycles. The topological polar surface area (TPSA) is 74.3 Å². The van der Waals surface area contributed by atoms with Crippen molar-refractivity contribution in [1.82, 2.24) is 15.8 Å². The molecular formula is C24H22F2N4O2S. The quantitative estimate of drug-likeness (QED) is 0.572. The van der Waals surface area contributed by atoms with E-state index in [0.717, 1.165) is 49.4 Å². The van der Waals surface area contributed by atoms with Crippen LogP contribution in [0.15, 0.2) is 53.4 Å².